The Morgan fingerprint density at radius 2 is 1.44 bits per heavy atom. The Bertz CT molecular complexity index is 1470. The summed E-state index contributed by atoms with van der Waals surface area (Å²) in [6, 6.07) is 0. The summed E-state index contributed by atoms with van der Waals surface area (Å²) in [7, 11) is -2.20. The van der Waals surface area contributed by atoms with E-state index in [1.165, 1.54) is 0 Å². The number of hydrogen-bond acceptors (Lipinski definition) is 8. The van der Waals surface area contributed by atoms with Crippen LogP contribution in [0.4, 0.5) is 0 Å². The van der Waals surface area contributed by atoms with Gasteiger partial charge in [-0.25, -0.2) is 0 Å². The van der Waals surface area contributed by atoms with Gasteiger partial charge in [-0.2, -0.15) is 0 Å². The average Bonchev–Trinajstić information content (AvgIpc) is 3.67. The number of Topliss-reactive ketones (excluding diaryl/α,β-unsaturated/α-hetero) is 1. The molecule has 0 radical (unpaired) electrons. The van der Waals surface area contributed by atoms with Crippen molar-refractivity contribution in [2.24, 2.45) is 35.5 Å². The Balaban J connectivity index is 1.25. The molecule has 1 N–H and O–H groups in total. The largest absolute Gasteiger partial charge is 0.408 e. The second-order valence-corrected chi connectivity index (χ2v) is 26.6. The van der Waals surface area contributed by atoms with Gasteiger partial charge in [-0.1, -0.05) is 94.0 Å². The second kappa shape index (κ2) is 19.7. The maximum Gasteiger partial charge on any atom is 0.193 e. The van der Waals surface area contributed by atoms with Crippen LogP contribution in [-0.4, -0.2) is 92.5 Å². The summed E-state index contributed by atoms with van der Waals surface area (Å²) >= 11 is 0. The number of carbonyl (C=O) groups excluding carboxylic acids is 1. The lowest BCUT2D eigenvalue weighted by Crippen LogP contribution is -2.58. The van der Waals surface area contributed by atoms with E-state index >= 15 is 0 Å². The van der Waals surface area contributed by atoms with Gasteiger partial charge in [0.25, 0.3) is 0 Å². The van der Waals surface area contributed by atoms with Crippen LogP contribution < -0.4 is 0 Å². The predicted molar refractivity (Wildman–Crippen MR) is 239 cm³/mol. The zero-order valence-electron chi connectivity index (χ0n) is 39.0. The molecule has 18 atom stereocenters. The van der Waals surface area contributed by atoms with Crippen LogP contribution in [0.15, 0.2) is 36.5 Å². The van der Waals surface area contributed by atoms with Gasteiger partial charge in [0, 0.05) is 19.3 Å². The third-order valence-corrected chi connectivity index (χ3v) is 20.9. The van der Waals surface area contributed by atoms with E-state index < -0.39 is 14.4 Å². The van der Waals surface area contributed by atoms with Gasteiger partial charge < -0.3 is 33.2 Å². The number of hydrogen-bond donors (Lipinski definition) is 1. The molecule has 336 valence electrons. The van der Waals surface area contributed by atoms with E-state index in [0.29, 0.717) is 31.1 Å². The lowest BCUT2D eigenvalue weighted by atomic mass is 9.76. The van der Waals surface area contributed by atoms with Crippen molar-refractivity contribution in [3.05, 3.63) is 36.5 Å². The van der Waals surface area contributed by atoms with Gasteiger partial charge in [-0.3, -0.25) is 4.79 Å². The molecule has 59 heavy (non-hydrogen) atoms. The van der Waals surface area contributed by atoms with Crippen molar-refractivity contribution in [2.45, 2.75) is 237 Å². The molecule has 0 saturated carbocycles. The first-order valence-electron chi connectivity index (χ1n) is 23.9. The minimum atomic E-state index is -2.20. The van der Waals surface area contributed by atoms with E-state index in [2.05, 4.69) is 94.6 Å². The van der Waals surface area contributed by atoms with Crippen LogP contribution in [0.1, 0.15) is 146 Å². The van der Waals surface area contributed by atoms with Gasteiger partial charge >= 0.3 is 0 Å². The van der Waals surface area contributed by atoms with Crippen molar-refractivity contribution < 1.29 is 38.0 Å². The molecule has 0 aromatic rings. The van der Waals surface area contributed by atoms with Gasteiger partial charge in [0.05, 0.1) is 73.2 Å². The molecule has 0 amide bonds. The van der Waals surface area contributed by atoms with Crippen molar-refractivity contribution >= 4 is 14.1 Å². The quantitative estimate of drug-likeness (QED) is 0.216. The standard InChI is InChI=1S/C50H84O8Si/c1-14-29(2)23-45-35(8)41-27-37(52)26-40-19-22-43-48(55-40)33(6)34(7)49(57-43)44(58-59(12,13)50(9,10)11)20-16-36(51)15-17-38-25-31(4)42(53-38)21-18-39-24-30(3)32(5)46(54-39)28-47(41)56-45/h16,20,29-30,33-36,38-49,51H,4-5,14-15,17-19,21-28H2,1-3,6-13H3/b20-16+/t29-,30-,33-,34+,35-,36?,38?,39+,40?,41-,42+,43+,44+,45-,46-,47+,48-,49-/m1/s1. The highest BCUT2D eigenvalue weighted by Gasteiger charge is 2.50. The van der Waals surface area contributed by atoms with Crippen molar-refractivity contribution in [1.29, 1.82) is 0 Å². The fourth-order valence-electron chi connectivity index (χ4n) is 10.8. The fourth-order valence-corrected chi connectivity index (χ4v) is 12.1. The topological polar surface area (TPSA) is 92.7 Å². The minimum absolute atomic E-state index is 0.00174. The van der Waals surface area contributed by atoms with Crippen LogP contribution in [0.5, 0.6) is 0 Å². The Hall–Kier alpha value is -1.17. The van der Waals surface area contributed by atoms with E-state index in [4.69, 9.17) is 28.1 Å². The molecule has 5 fully saturated rings. The van der Waals surface area contributed by atoms with Gasteiger partial charge in [0.15, 0.2) is 8.32 Å². The first-order valence-corrected chi connectivity index (χ1v) is 26.8. The molecule has 0 spiro atoms. The average molecular weight is 841 g/mol. The van der Waals surface area contributed by atoms with E-state index in [9.17, 15) is 9.90 Å². The molecule has 3 unspecified atom stereocenters. The summed E-state index contributed by atoms with van der Waals surface area (Å²) in [5.74, 6) is 1.96. The first-order chi connectivity index (χ1) is 27.7. The SMILES string of the molecule is C=C1CC2CCC(O)/C=C/[C@H](O[Si](C)(C)C(C)(C)C)[C@@H]3O[C@H]4CCC(CC(=O)C[C@@H]5[C@@H](C)[C@@H](C[C@H](C)CC)O[C@H]5C[C@H]5O[C@@H](CC[C@@H]1O2)C[C@@H](C)C5=C)O[C@@H]4[C@H](C)[C@@H]3C. The zero-order chi connectivity index (χ0) is 43.0. The molecular formula is C50H84O8Si. The molecular weight excluding hydrogens is 757 g/mol. The number of aliphatic hydroxyl groups is 1. The zero-order valence-corrected chi connectivity index (χ0v) is 40.0. The van der Waals surface area contributed by atoms with Crippen molar-refractivity contribution in [3.63, 3.8) is 0 Å². The molecule has 8 bridgehead atoms. The number of rotatable bonds is 5. The van der Waals surface area contributed by atoms with Gasteiger partial charge in [0.2, 0.25) is 0 Å². The monoisotopic (exact) mass is 841 g/mol. The normalized spacial score (nSPS) is 44.4. The Kier molecular flexibility index (Phi) is 15.8. The van der Waals surface area contributed by atoms with Crippen LogP contribution >= 0.6 is 0 Å². The van der Waals surface area contributed by atoms with E-state index in [1.54, 1.807) is 0 Å². The lowest BCUT2D eigenvalue weighted by Gasteiger charge is -2.51. The van der Waals surface area contributed by atoms with Crippen molar-refractivity contribution in [1.82, 2.24) is 0 Å². The van der Waals surface area contributed by atoms with Crippen LogP contribution in [0.3, 0.4) is 0 Å². The first kappa shape index (κ1) is 47.3. The van der Waals surface area contributed by atoms with E-state index in [0.717, 1.165) is 75.4 Å². The summed E-state index contributed by atoms with van der Waals surface area (Å²) in [6.45, 7) is 34.1. The fraction of sp³-hybridized carbons (Fsp3) is 0.860. The number of ether oxygens (including phenoxy) is 5. The molecule has 8 aliphatic heterocycles. The summed E-state index contributed by atoms with van der Waals surface area (Å²) in [5, 5.41) is 11.4. The highest BCUT2D eigenvalue weighted by atomic mass is 28.4. The summed E-state index contributed by atoms with van der Waals surface area (Å²) in [5.41, 5.74) is 2.30. The van der Waals surface area contributed by atoms with Gasteiger partial charge in [-0.15, -0.1) is 0 Å². The van der Waals surface area contributed by atoms with Crippen molar-refractivity contribution in [2.75, 3.05) is 0 Å². The molecule has 8 heterocycles. The van der Waals surface area contributed by atoms with Crippen LogP contribution in [0, 0.1) is 35.5 Å². The molecule has 9 heteroatoms. The number of fused-ring (bicyclic) bond motifs is 2. The number of ketones is 1. The molecule has 8 nitrogen and oxygen atoms in total. The minimum Gasteiger partial charge on any atom is -0.408 e. The molecule has 5 saturated heterocycles. The van der Waals surface area contributed by atoms with E-state index in [1.807, 2.05) is 6.08 Å². The molecule has 0 aliphatic carbocycles. The van der Waals surface area contributed by atoms with Gasteiger partial charge in [0.1, 0.15) is 5.78 Å². The number of carbonyl (C=O) groups is 1. The van der Waals surface area contributed by atoms with Crippen LogP contribution in [-0.2, 0) is 32.9 Å². The molecule has 0 aromatic carbocycles. The second-order valence-electron chi connectivity index (χ2n) is 21.8. The smallest absolute Gasteiger partial charge is 0.193 e. The molecule has 0 aromatic heterocycles. The number of aliphatic hydroxyl groups excluding tert-OH is 1. The molecule has 8 aliphatic rings. The molecule has 8 rings (SSSR count). The van der Waals surface area contributed by atoms with E-state index in [-0.39, 0.29) is 102 Å². The highest BCUT2D eigenvalue weighted by Crippen LogP contribution is 2.46. The van der Waals surface area contributed by atoms with Gasteiger partial charge in [-0.05, 0) is 123 Å². The Morgan fingerprint density at radius 3 is 2.15 bits per heavy atom. The Morgan fingerprint density at radius 1 is 0.780 bits per heavy atom. The lowest BCUT2D eigenvalue weighted by molar-refractivity contribution is -0.237. The van der Waals surface area contributed by atoms with Crippen LogP contribution in [0.25, 0.3) is 0 Å². The van der Waals surface area contributed by atoms with Crippen molar-refractivity contribution in [3.8, 4) is 0 Å². The summed E-state index contributed by atoms with van der Waals surface area (Å²) < 4.78 is 41.5. The third kappa shape index (κ3) is 11.3. The summed E-state index contributed by atoms with van der Waals surface area (Å²) in [6.07, 6.45) is 13.2. The highest BCUT2D eigenvalue weighted by molar-refractivity contribution is 6.74. The van der Waals surface area contributed by atoms with Crippen LogP contribution in [0.2, 0.25) is 18.1 Å². The predicted octanol–water partition coefficient (Wildman–Crippen LogP) is 10.7. The maximum atomic E-state index is 14.2. The third-order valence-electron chi connectivity index (χ3n) is 16.4. The maximum absolute atomic E-state index is 14.2. The Labute approximate surface area is 360 Å². The summed E-state index contributed by atoms with van der Waals surface area (Å²) in [4.78, 5) is 14.2.